The Morgan fingerprint density at radius 3 is 2.50 bits per heavy atom. The van der Waals surface area contributed by atoms with Crippen LogP contribution in [-0.4, -0.2) is 23.0 Å². The third kappa shape index (κ3) is 4.07. The van der Waals surface area contributed by atoms with Crippen LogP contribution in [0.25, 0.3) is 0 Å². The second-order valence-corrected chi connectivity index (χ2v) is 3.26. The molecular formula is C10H17NO3. The average Bonchev–Trinajstić information content (AvgIpc) is 2.13. The van der Waals surface area contributed by atoms with E-state index in [0.29, 0.717) is 6.42 Å². The normalized spacial score (nSPS) is 14.1. The third-order valence-corrected chi connectivity index (χ3v) is 2.13. The lowest BCUT2D eigenvalue weighted by atomic mass is 9.99. The van der Waals surface area contributed by atoms with Gasteiger partial charge in [0.05, 0.1) is 0 Å². The summed E-state index contributed by atoms with van der Waals surface area (Å²) in [5.74, 6) is -1.36. The Kier molecular flexibility index (Phi) is 5.60. The van der Waals surface area contributed by atoms with Gasteiger partial charge in [-0.1, -0.05) is 26.3 Å². The SMILES string of the molecule is C=CCC(=O)N[C@H](C(=O)O)C(C)CC. The Hall–Kier alpha value is -1.32. The van der Waals surface area contributed by atoms with Crippen molar-refractivity contribution in [1.29, 1.82) is 0 Å². The first-order valence-electron chi connectivity index (χ1n) is 4.66. The van der Waals surface area contributed by atoms with Crippen molar-refractivity contribution in [3.05, 3.63) is 12.7 Å². The van der Waals surface area contributed by atoms with Gasteiger partial charge >= 0.3 is 5.97 Å². The maximum absolute atomic E-state index is 11.1. The second-order valence-electron chi connectivity index (χ2n) is 3.26. The monoisotopic (exact) mass is 199 g/mol. The molecule has 0 aromatic rings. The molecule has 14 heavy (non-hydrogen) atoms. The molecule has 0 heterocycles. The van der Waals surface area contributed by atoms with E-state index in [9.17, 15) is 9.59 Å². The Morgan fingerprint density at radius 2 is 2.14 bits per heavy atom. The summed E-state index contributed by atoms with van der Waals surface area (Å²) in [6.07, 6.45) is 2.32. The molecule has 80 valence electrons. The number of rotatable bonds is 6. The van der Waals surface area contributed by atoms with Gasteiger partial charge in [-0.25, -0.2) is 4.79 Å². The molecule has 0 aliphatic rings. The maximum Gasteiger partial charge on any atom is 0.326 e. The van der Waals surface area contributed by atoms with Crippen LogP contribution in [0.2, 0.25) is 0 Å². The van der Waals surface area contributed by atoms with E-state index < -0.39 is 12.0 Å². The van der Waals surface area contributed by atoms with Crippen molar-refractivity contribution < 1.29 is 14.7 Å². The van der Waals surface area contributed by atoms with E-state index in [1.165, 1.54) is 6.08 Å². The number of amides is 1. The summed E-state index contributed by atoms with van der Waals surface area (Å²) in [5.41, 5.74) is 0. The summed E-state index contributed by atoms with van der Waals surface area (Å²) < 4.78 is 0. The number of carboxylic acid groups (broad SMARTS) is 1. The van der Waals surface area contributed by atoms with E-state index in [1.54, 1.807) is 6.92 Å². The number of hydrogen-bond donors (Lipinski definition) is 2. The van der Waals surface area contributed by atoms with Crippen LogP contribution < -0.4 is 5.32 Å². The van der Waals surface area contributed by atoms with Crippen molar-refractivity contribution in [2.24, 2.45) is 5.92 Å². The van der Waals surface area contributed by atoms with Crippen molar-refractivity contribution in [1.82, 2.24) is 5.32 Å². The predicted molar refractivity (Wildman–Crippen MR) is 53.8 cm³/mol. The number of carbonyl (C=O) groups excluding carboxylic acids is 1. The lowest BCUT2D eigenvalue weighted by Gasteiger charge is -2.19. The number of hydrogen-bond acceptors (Lipinski definition) is 2. The summed E-state index contributed by atoms with van der Waals surface area (Å²) >= 11 is 0. The molecule has 1 unspecified atom stereocenters. The summed E-state index contributed by atoms with van der Waals surface area (Å²) in [4.78, 5) is 21.9. The molecule has 0 fully saturated rings. The molecule has 0 radical (unpaired) electrons. The molecule has 0 aromatic heterocycles. The molecule has 2 atom stereocenters. The number of nitrogens with one attached hydrogen (secondary N) is 1. The van der Waals surface area contributed by atoms with Gasteiger partial charge in [-0.3, -0.25) is 4.79 Å². The van der Waals surface area contributed by atoms with Gasteiger partial charge in [0, 0.05) is 6.42 Å². The summed E-state index contributed by atoms with van der Waals surface area (Å²) in [6.45, 7) is 7.10. The van der Waals surface area contributed by atoms with Crippen LogP contribution in [0.5, 0.6) is 0 Å². The van der Waals surface area contributed by atoms with Crippen LogP contribution in [0.3, 0.4) is 0 Å². The largest absolute Gasteiger partial charge is 0.480 e. The second kappa shape index (κ2) is 6.18. The predicted octanol–water partition coefficient (Wildman–Crippen LogP) is 1.18. The molecule has 2 N–H and O–H groups in total. The molecule has 0 aliphatic carbocycles. The fourth-order valence-electron chi connectivity index (χ4n) is 1.05. The zero-order valence-corrected chi connectivity index (χ0v) is 8.62. The number of aliphatic carboxylic acids is 1. The van der Waals surface area contributed by atoms with E-state index >= 15 is 0 Å². The Balaban J connectivity index is 4.29. The van der Waals surface area contributed by atoms with Gasteiger partial charge in [0.15, 0.2) is 0 Å². The van der Waals surface area contributed by atoms with Crippen LogP contribution in [-0.2, 0) is 9.59 Å². The van der Waals surface area contributed by atoms with Gasteiger partial charge in [-0.15, -0.1) is 6.58 Å². The highest BCUT2D eigenvalue weighted by Gasteiger charge is 2.24. The summed E-state index contributed by atoms with van der Waals surface area (Å²) in [6, 6.07) is -0.799. The molecule has 4 nitrogen and oxygen atoms in total. The standard InChI is InChI=1S/C10H17NO3/c1-4-6-8(12)11-9(10(13)14)7(3)5-2/h4,7,9H,1,5-6H2,2-3H3,(H,11,12)(H,13,14)/t7?,9-/m0/s1. The molecular weight excluding hydrogens is 182 g/mol. The Morgan fingerprint density at radius 1 is 1.57 bits per heavy atom. The zero-order chi connectivity index (χ0) is 11.1. The van der Waals surface area contributed by atoms with Crippen LogP contribution in [0.1, 0.15) is 26.7 Å². The summed E-state index contributed by atoms with van der Waals surface area (Å²) in [5, 5.41) is 11.3. The molecule has 0 rings (SSSR count). The van der Waals surface area contributed by atoms with Crippen molar-refractivity contribution in [2.45, 2.75) is 32.7 Å². The molecule has 0 spiro atoms. The van der Waals surface area contributed by atoms with Gasteiger partial charge < -0.3 is 10.4 Å². The topological polar surface area (TPSA) is 66.4 Å². The van der Waals surface area contributed by atoms with Crippen molar-refractivity contribution >= 4 is 11.9 Å². The van der Waals surface area contributed by atoms with Gasteiger partial charge in [0.1, 0.15) is 6.04 Å². The first-order chi connectivity index (χ1) is 6.52. The fraction of sp³-hybridized carbons (Fsp3) is 0.600. The molecule has 0 aromatic carbocycles. The number of carbonyl (C=O) groups is 2. The van der Waals surface area contributed by atoms with Gasteiger partial charge in [-0.05, 0) is 5.92 Å². The molecule has 0 saturated carbocycles. The highest BCUT2D eigenvalue weighted by Crippen LogP contribution is 2.07. The van der Waals surface area contributed by atoms with Crippen LogP contribution in [0.15, 0.2) is 12.7 Å². The smallest absolute Gasteiger partial charge is 0.326 e. The quantitative estimate of drug-likeness (QED) is 0.631. The van der Waals surface area contributed by atoms with E-state index in [0.717, 1.165) is 0 Å². The number of carboxylic acids is 1. The zero-order valence-electron chi connectivity index (χ0n) is 8.62. The van der Waals surface area contributed by atoms with E-state index in [2.05, 4.69) is 11.9 Å². The van der Waals surface area contributed by atoms with Gasteiger partial charge in [-0.2, -0.15) is 0 Å². The minimum Gasteiger partial charge on any atom is -0.480 e. The van der Waals surface area contributed by atoms with E-state index in [-0.39, 0.29) is 18.2 Å². The van der Waals surface area contributed by atoms with Gasteiger partial charge in [0.25, 0.3) is 0 Å². The van der Waals surface area contributed by atoms with Gasteiger partial charge in [0.2, 0.25) is 5.91 Å². The van der Waals surface area contributed by atoms with Crippen molar-refractivity contribution in [2.75, 3.05) is 0 Å². The minimum absolute atomic E-state index is 0.0683. The molecule has 0 bridgehead atoms. The van der Waals surface area contributed by atoms with Crippen LogP contribution in [0.4, 0.5) is 0 Å². The highest BCUT2D eigenvalue weighted by molar-refractivity contribution is 5.84. The lowest BCUT2D eigenvalue weighted by molar-refractivity contribution is -0.143. The first kappa shape index (κ1) is 12.7. The fourth-order valence-corrected chi connectivity index (χ4v) is 1.05. The summed E-state index contributed by atoms with van der Waals surface area (Å²) in [7, 11) is 0. The third-order valence-electron chi connectivity index (χ3n) is 2.13. The minimum atomic E-state index is -0.989. The maximum atomic E-state index is 11.1. The Labute approximate surface area is 84.0 Å². The molecule has 4 heteroatoms. The van der Waals surface area contributed by atoms with Crippen molar-refractivity contribution in [3.8, 4) is 0 Å². The van der Waals surface area contributed by atoms with Crippen LogP contribution >= 0.6 is 0 Å². The average molecular weight is 199 g/mol. The van der Waals surface area contributed by atoms with E-state index in [4.69, 9.17) is 5.11 Å². The lowest BCUT2D eigenvalue weighted by Crippen LogP contribution is -2.44. The van der Waals surface area contributed by atoms with Crippen molar-refractivity contribution in [3.63, 3.8) is 0 Å². The molecule has 1 amide bonds. The molecule has 0 saturated heterocycles. The highest BCUT2D eigenvalue weighted by atomic mass is 16.4. The molecule has 0 aliphatic heterocycles. The van der Waals surface area contributed by atoms with Crippen LogP contribution in [0, 0.1) is 5.92 Å². The first-order valence-corrected chi connectivity index (χ1v) is 4.66. The Bertz CT molecular complexity index is 225. The van der Waals surface area contributed by atoms with E-state index in [1.807, 2.05) is 6.92 Å².